The summed E-state index contributed by atoms with van der Waals surface area (Å²) in [4.78, 5) is 8.95. The Morgan fingerprint density at radius 1 is 1.03 bits per heavy atom. The monoisotopic (exact) mass is 420 g/mol. The minimum absolute atomic E-state index is 0.140. The number of benzene rings is 2. The number of hydrogen-bond donors (Lipinski definition) is 2. The van der Waals surface area contributed by atoms with Gasteiger partial charge in [-0.15, -0.1) is 0 Å². The second-order valence-corrected chi connectivity index (χ2v) is 7.01. The molecule has 1 aromatic heterocycles. The summed E-state index contributed by atoms with van der Waals surface area (Å²) in [6, 6.07) is 15.0. The SMILES string of the molecule is CC[C@@H](C)Nc1nc(Nc2ccc(Cl)c(C(F)(F)F)c2)cc(-c2ccccc2)n1. The minimum atomic E-state index is -4.54. The Hall–Kier alpha value is -2.80. The normalized spacial score (nSPS) is 12.5. The van der Waals surface area contributed by atoms with Gasteiger partial charge in [0.25, 0.3) is 0 Å². The van der Waals surface area contributed by atoms with Gasteiger partial charge >= 0.3 is 6.18 Å². The molecule has 0 aliphatic carbocycles. The second kappa shape index (κ2) is 8.69. The highest BCUT2D eigenvalue weighted by atomic mass is 35.5. The van der Waals surface area contributed by atoms with Crippen molar-refractivity contribution in [3.05, 3.63) is 65.2 Å². The molecular weight excluding hydrogens is 401 g/mol. The first kappa shape index (κ1) is 20.9. The van der Waals surface area contributed by atoms with Crippen molar-refractivity contribution in [1.29, 1.82) is 0 Å². The molecule has 2 aromatic carbocycles. The topological polar surface area (TPSA) is 49.8 Å². The van der Waals surface area contributed by atoms with Gasteiger partial charge in [-0.05, 0) is 31.5 Å². The highest BCUT2D eigenvalue weighted by Gasteiger charge is 2.33. The Balaban J connectivity index is 1.99. The number of rotatable bonds is 6. The predicted octanol–water partition coefficient (Wildman–Crippen LogP) is 6.77. The number of nitrogens with zero attached hydrogens (tertiary/aromatic N) is 2. The standard InChI is InChI=1S/C21H20ClF3N4/c1-3-13(2)26-20-28-18(14-7-5-4-6-8-14)12-19(29-20)27-15-9-10-17(22)16(11-15)21(23,24)25/h4-13H,3H2,1-2H3,(H2,26,27,28,29)/t13-/m1/s1. The van der Waals surface area contributed by atoms with Crippen LogP contribution >= 0.6 is 11.6 Å². The lowest BCUT2D eigenvalue weighted by atomic mass is 10.1. The molecule has 3 aromatic rings. The van der Waals surface area contributed by atoms with Gasteiger partial charge in [-0.3, -0.25) is 0 Å². The third kappa shape index (κ3) is 5.38. The fourth-order valence-corrected chi connectivity index (χ4v) is 2.85. The molecule has 0 aliphatic heterocycles. The van der Waals surface area contributed by atoms with Crippen molar-refractivity contribution in [3.63, 3.8) is 0 Å². The predicted molar refractivity (Wildman–Crippen MR) is 111 cm³/mol. The van der Waals surface area contributed by atoms with E-state index in [4.69, 9.17) is 11.6 Å². The highest BCUT2D eigenvalue weighted by molar-refractivity contribution is 6.31. The van der Waals surface area contributed by atoms with Gasteiger partial charge in [0.2, 0.25) is 5.95 Å². The molecule has 8 heteroatoms. The van der Waals surface area contributed by atoms with Crippen LogP contribution in [0.5, 0.6) is 0 Å². The summed E-state index contributed by atoms with van der Waals surface area (Å²) in [7, 11) is 0. The van der Waals surface area contributed by atoms with Crippen molar-refractivity contribution < 1.29 is 13.2 Å². The van der Waals surface area contributed by atoms with Crippen LogP contribution in [0.15, 0.2) is 54.6 Å². The van der Waals surface area contributed by atoms with Crippen molar-refractivity contribution in [2.75, 3.05) is 10.6 Å². The Kier molecular flexibility index (Phi) is 6.27. The maximum Gasteiger partial charge on any atom is 0.417 e. The summed E-state index contributed by atoms with van der Waals surface area (Å²) in [6.45, 7) is 4.03. The van der Waals surface area contributed by atoms with Crippen LogP contribution in [0.1, 0.15) is 25.8 Å². The third-order valence-electron chi connectivity index (χ3n) is 4.33. The van der Waals surface area contributed by atoms with E-state index < -0.39 is 11.7 Å². The summed E-state index contributed by atoms with van der Waals surface area (Å²) >= 11 is 5.70. The van der Waals surface area contributed by atoms with Crippen molar-refractivity contribution in [1.82, 2.24) is 9.97 Å². The second-order valence-electron chi connectivity index (χ2n) is 6.60. The summed E-state index contributed by atoms with van der Waals surface area (Å²) in [5, 5.41) is 5.79. The lowest BCUT2D eigenvalue weighted by Gasteiger charge is -2.15. The molecule has 29 heavy (non-hydrogen) atoms. The molecule has 0 saturated carbocycles. The summed E-state index contributed by atoms with van der Waals surface area (Å²) in [6.07, 6.45) is -3.67. The van der Waals surface area contributed by atoms with Crippen LogP contribution in [0.4, 0.5) is 30.6 Å². The van der Waals surface area contributed by atoms with Crippen LogP contribution in [0.2, 0.25) is 5.02 Å². The van der Waals surface area contributed by atoms with Crippen LogP contribution in [0, 0.1) is 0 Å². The largest absolute Gasteiger partial charge is 0.417 e. The number of aromatic nitrogens is 2. The number of hydrogen-bond acceptors (Lipinski definition) is 4. The molecule has 0 unspecified atom stereocenters. The van der Waals surface area contributed by atoms with Crippen LogP contribution < -0.4 is 10.6 Å². The van der Waals surface area contributed by atoms with Gasteiger partial charge < -0.3 is 10.6 Å². The lowest BCUT2D eigenvalue weighted by Crippen LogP contribution is -2.16. The zero-order chi connectivity index (χ0) is 21.0. The molecule has 4 nitrogen and oxygen atoms in total. The molecular formula is C21H20ClF3N4. The number of anilines is 3. The van der Waals surface area contributed by atoms with Gasteiger partial charge in [-0.2, -0.15) is 18.2 Å². The zero-order valence-corrected chi connectivity index (χ0v) is 16.6. The smallest absolute Gasteiger partial charge is 0.352 e. The molecule has 0 amide bonds. The van der Waals surface area contributed by atoms with E-state index in [0.717, 1.165) is 18.1 Å². The van der Waals surface area contributed by atoms with E-state index in [2.05, 4.69) is 20.6 Å². The molecule has 152 valence electrons. The van der Waals surface area contributed by atoms with E-state index in [1.165, 1.54) is 12.1 Å². The van der Waals surface area contributed by atoms with Crippen molar-refractivity contribution in [2.45, 2.75) is 32.5 Å². The fraction of sp³-hybridized carbons (Fsp3) is 0.238. The Bertz CT molecular complexity index is 977. The Morgan fingerprint density at radius 2 is 1.76 bits per heavy atom. The van der Waals surface area contributed by atoms with E-state index in [1.54, 1.807) is 6.07 Å². The molecule has 1 heterocycles. The van der Waals surface area contributed by atoms with E-state index in [1.807, 2.05) is 44.2 Å². The molecule has 0 bridgehead atoms. The molecule has 0 radical (unpaired) electrons. The first-order valence-corrected chi connectivity index (χ1v) is 9.49. The first-order chi connectivity index (χ1) is 13.8. The summed E-state index contributed by atoms with van der Waals surface area (Å²) in [5.41, 5.74) is 0.851. The average Bonchev–Trinajstić information content (AvgIpc) is 2.69. The van der Waals surface area contributed by atoms with Gasteiger partial charge in [-0.1, -0.05) is 48.9 Å². The molecule has 0 aliphatic rings. The van der Waals surface area contributed by atoms with E-state index in [-0.39, 0.29) is 16.8 Å². The van der Waals surface area contributed by atoms with Gasteiger partial charge in [0.05, 0.1) is 16.3 Å². The Morgan fingerprint density at radius 3 is 2.41 bits per heavy atom. The van der Waals surface area contributed by atoms with Gasteiger partial charge in [0.1, 0.15) is 5.82 Å². The first-order valence-electron chi connectivity index (χ1n) is 9.11. The number of halogens is 4. The molecule has 0 fully saturated rings. The number of nitrogens with one attached hydrogen (secondary N) is 2. The summed E-state index contributed by atoms with van der Waals surface area (Å²) < 4.78 is 39.5. The van der Waals surface area contributed by atoms with E-state index >= 15 is 0 Å². The Labute approximate surface area is 172 Å². The lowest BCUT2D eigenvalue weighted by molar-refractivity contribution is -0.137. The fourth-order valence-electron chi connectivity index (χ4n) is 2.62. The molecule has 3 rings (SSSR count). The maximum atomic E-state index is 13.2. The van der Waals surface area contributed by atoms with Gasteiger partial charge in [0, 0.05) is 23.4 Å². The van der Waals surface area contributed by atoms with Crippen LogP contribution in [-0.2, 0) is 6.18 Å². The van der Waals surface area contributed by atoms with Gasteiger partial charge in [0.15, 0.2) is 0 Å². The molecule has 2 N–H and O–H groups in total. The van der Waals surface area contributed by atoms with E-state index in [9.17, 15) is 13.2 Å². The number of alkyl halides is 3. The third-order valence-corrected chi connectivity index (χ3v) is 4.66. The van der Waals surface area contributed by atoms with Crippen molar-refractivity contribution in [2.24, 2.45) is 0 Å². The molecule has 0 spiro atoms. The van der Waals surface area contributed by atoms with Crippen LogP contribution in [0.3, 0.4) is 0 Å². The maximum absolute atomic E-state index is 13.2. The van der Waals surface area contributed by atoms with Crippen LogP contribution in [-0.4, -0.2) is 16.0 Å². The van der Waals surface area contributed by atoms with Gasteiger partial charge in [-0.25, -0.2) is 4.98 Å². The van der Waals surface area contributed by atoms with Crippen LogP contribution in [0.25, 0.3) is 11.3 Å². The average molecular weight is 421 g/mol. The minimum Gasteiger partial charge on any atom is -0.352 e. The molecule has 1 atom stereocenters. The quantitative estimate of drug-likeness (QED) is 0.462. The zero-order valence-electron chi connectivity index (χ0n) is 15.9. The summed E-state index contributed by atoms with van der Waals surface area (Å²) in [5.74, 6) is 0.772. The van der Waals surface area contributed by atoms with Crippen molar-refractivity contribution >= 4 is 29.1 Å². The van der Waals surface area contributed by atoms with E-state index in [0.29, 0.717) is 17.5 Å². The highest BCUT2D eigenvalue weighted by Crippen LogP contribution is 2.36. The molecule has 0 saturated heterocycles. The van der Waals surface area contributed by atoms with Crippen molar-refractivity contribution in [3.8, 4) is 11.3 Å².